The Bertz CT molecular complexity index is 409. The summed E-state index contributed by atoms with van der Waals surface area (Å²) in [5.41, 5.74) is 0.643. The van der Waals surface area contributed by atoms with Crippen molar-refractivity contribution in [1.29, 1.82) is 0 Å². The lowest BCUT2D eigenvalue weighted by Crippen LogP contribution is -2.37. The number of likely N-dealkylation sites (N-methyl/N-ethyl adjacent to an activating group) is 1. The van der Waals surface area contributed by atoms with E-state index in [1.165, 1.54) is 0 Å². The quantitative estimate of drug-likeness (QED) is 0.820. The molecule has 0 spiro atoms. The molecule has 0 aromatic heterocycles. The van der Waals surface area contributed by atoms with Crippen molar-refractivity contribution < 1.29 is 9.53 Å². The van der Waals surface area contributed by atoms with E-state index in [0.717, 1.165) is 8.95 Å². The summed E-state index contributed by atoms with van der Waals surface area (Å²) in [6.07, 6.45) is 0. The number of carbonyl (C=O) groups excluding carboxylic acids is 1. The monoisotopic (exact) mass is 363 g/mol. The van der Waals surface area contributed by atoms with Crippen molar-refractivity contribution in [2.24, 2.45) is 0 Å². The average molecular weight is 365 g/mol. The van der Waals surface area contributed by atoms with Crippen LogP contribution in [0.1, 0.15) is 17.3 Å². The van der Waals surface area contributed by atoms with Crippen LogP contribution in [0.2, 0.25) is 0 Å². The number of rotatable bonds is 4. The minimum atomic E-state index is -0.0253. The molecule has 0 aliphatic carbocycles. The summed E-state index contributed by atoms with van der Waals surface area (Å²) in [5, 5.41) is 0. The molecule has 94 valence electrons. The Hall–Kier alpha value is -0.390. The molecule has 0 aliphatic heterocycles. The van der Waals surface area contributed by atoms with Crippen molar-refractivity contribution in [2.45, 2.75) is 13.0 Å². The molecule has 0 radical (unpaired) electrons. The molecule has 0 aliphatic rings. The fraction of sp³-hybridized carbons (Fsp3) is 0.417. The number of halogens is 2. The van der Waals surface area contributed by atoms with E-state index in [0.29, 0.717) is 12.2 Å². The summed E-state index contributed by atoms with van der Waals surface area (Å²) < 4.78 is 6.73. The molecular formula is C12H15Br2NO2. The lowest BCUT2D eigenvalue weighted by atomic mass is 10.2. The molecule has 1 rings (SSSR count). The first kappa shape index (κ1) is 14.7. The van der Waals surface area contributed by atoms with Crippen molar-refractivity contribution in [3.8, 4) is 0 Å². The number of carbonyl (C=O) groups is 1. The lowest BCUT2D eigenvalue weighted by molar-refractivity contribution is 0.0632. The minimum Gasteiger partial charge on any atom is -0.383 e. The molecule has 0 N–H and O–H groups in total. The topological polar surface area (TPSA) is 29.5 Å². The second-order valence-corrected chi connectivity index (χ2v) is 5.61. The molecule has 17 heavy (non-hydrogen) atoms. The standard InChI is InChI=1S/C12H15Br2NO2/c1-8(7-17-3)15(2)12(16)10-6-9(13)4-5-11(10)14/h4-6,8H,7H2,1-3H3. The van der Waals surface area contributed by atoms with Crippen LogP contribution in [-0.2, 0) is 4.74 Å². The lowest BCUT2D eigenvalue weighted by Gasteiger charge is -2.24. The zero-order valence-corrected chi connectivity index (χ0v) is 13.2. The summed E-state index contributed by atoms with van der Waals surface area (Å²) >= 11 is 6.75. The van der Waals surface area contributed by atoms with E-state index in [9.17, 15) is 4.79 Å². The van der Waals surface area contributed by atoms with Crippen LogP contribution in [0.25, 0.3) is 0 Å². The van der Waals surface area contributed by atoms with E-state index >= 15 is 0 Å². The van der Waals surface area contributed by atoms with E-state index in [1.807, 2.05) is 25.1 Å². The summed E-state index contributed by atoms with van der Waals surface area (Å²) in [5.74, 6) is -0.0253. The maximum absolute atomic E-state index is 12.3. The zero-order chi connectivity index (χ0) is 13.0. The second kappa shape index (κ2) is 6.52. The molecule has 5 heteroatoms. The fourth-order valence-electron chi connectivity index (χ4n) is 1.40. The first-order valence-corrected chi connectivity index (χ1v) is 6.77. The molecule has 0 saturated heterocycles. The molecule has 1 aromatic carbocycles. The maximum atomic E-state index is 12.3. The predicted molar refractivity (Wildman–Crippen MR) is 75.3 cm³/mol. The smallest absolute Gasteiger partial charge is 0.255 e. The summed E-state index contributed by atoms with van der Waals surface area (Å²) in [7, 11) is 3.41. The number of methoxy groups -OCH3 is 1. The number of benzene rings is 1. The molecular weight excluding hydrogens is 350 g/mol. The van der Waals surface area contributed by atoms with Crippen LogP contribution in [0.3, 0.4) is 0 Å². The zero-order valence-electron chi connectivity index (χ0n) is 10.0. The number of nitrogens with zero attached hydrogens (tertiary/aromatic N) is 1. The van der Waals surface area contributed by atoms with Gasteiger partial charge in [0, 0.05) is 23.1 Å². The van der Waals surface area contributed by atoms with Crippen LogP contribution in [-0.4, -0.2) is 37.6 Å². The molecule has 0 fully saturated rings. The van der Waals surface area contributed by atoms with Gasteiger partial charge in [0.05, 0.1) is 18.2 Å². The van der Waals surface area contributed by atoms with E-state index in [1.54, 1.807) is 19.1 Å². The third-order valence-corrected chi connectivity index (χ3v) is 3.73. The fourth-order valence-corrected chi connectivity index (χ4v) is 2.18. The van der Waals surface area contributed by atoms with E-state index in [2.05, 4.69) is 31.9 Å². The van der Waals surface area contributed by atoms with Gasteiger partial charge in [-0.25, -0.2) is 0 Å². The van der Waals surface area contributed by atoms with Gasteiger partial charge in [0.1, 0.15) is 0 Å². The normalized spacial score (nSPS) is 12.3. The Morgan fingerprint density at radius 1 is 1.47 bits per heavy atom. The van der Waals surface area contributed by atoms with E-state index in [-0.39, 0.29) is 11.9 Å². The van der Waals surface area contributed by atoms with Gasteiger partial charge < -0.3 is 9.64 Å². The van der Waals surface area contributed by atoms with Gasteiger partial charge in [-0.2, -0.15) is 0 Å². The van der Waals surface area contributed by atoms with Crippen molar-refractivity contribution in [2.75, 3.05) is 20.8 Å². The van der Waals surface area contributed by atoms with E-state index in [4.69, 9.17) is 4.74 Å². The predicted octanol–water partition coefficient (Wildman–Crippen LogP) is 3.32. The third kappa shape index (κ3) is 3.79. The van der Waals surface area contributed by atoms with Gasteiger partial charge in [0.15, 0.2) is 0 Å². The van der Waals surface area contributed by atoms with Crippen LogP contribution in [0, 0.1) is 0 Å². The van der Waals surface area contributed by atoms with Crippen LogP contribution in [0.15, 0.2) is 27.1 Å². The highest BCUT2D eigenvalue weighted by atomic mass is 79.9. The Labute approximate surface area is 118 Å². The van der Waals surface area contributed by atoms with Crippen LogP contribution in [0.5, 0.6) is 0 Å². The number of hydrogen-bond donors (Lipinski definition) is 0. The van der Waals surface area contributed by atoms with Crippen LogP contribution >= 0.6 is 31.9 Å². The Kier molecular flexibility index (Phi) is 5.62. The highest BCUT2D eigenvalue weighted by molar-refractivity contribution is 9.11. The van der Waals surface area contributed by atoms with Gasteiger partial charge in [-0.1, -0.05) is 15.9 Å². The van der Waals surface area contributed by atoms with Crippen molar-refractivity contribution in [3.63, 3.8) is 0 Å². The summed E-state index contributed by atoms with van der Waals surface area (Å²) in [6, 6.07) is 5.59. The Balaban J connectivity index is 2.92. The maximum Gasteiger partial charge on any atom is 0.255 e. The van der Waals surface area contributed by atoms with Crippen molar-refractivity contribution in [3.05, 3.63) is 32.7 Å². The molecule has 1 atom stereocenters. The summed E-state index contributed by atoms with van der Waals surface area (Å²) in [4.78, 5) is 13.9. The van der Waals surface area contributed by atoms with Gasteiger partial charge in [-0.05, 0) is 41.1 Å². The second-order valence-electron chi connectivity index (χ2n) is 3.84. The molecule has 1 unspecified atom stereocenters. The molecule has 1 aromatic rings. The van der Waals surface area contributed by atoms with Gasteiger partial charge in [0.25, 0.3) is 5.91 Å². The minimum absolute atomic E-state index is 0.0253. The highest BCUT2D eigenvalue weighted by Gasteiger charge is 2.19. The van der Waals surface area contributed by atoms with Gasteiger partial charge in [0.2, 0.25) is 0 Å². The van der Waals surface area contributed by atoms with Crippen LogP contribution in [0.4, 0.5) is 0 Å². The molecule has 1 amide bonds. The highest BCUT2D eigenvalue weighted by Crippen LogP contribution is 2.23. The van der Waals surface area contributed by atoms with E-state index < -0.39 is 0 Å². The number of amides is 1. The largest absolute Gasteiger partial charge is 0.383 e. The van der Waals surface area contributed by atoms with Gasteiger partial charge in [-0.15, -0.1) is 0 Å². The average Bonchev–Trinajstić information content (AvgIpc) is 2.30. The van der Waals surface area contributed by atoms with Crippen molar-refractivity contribution >= 4 is 37.8 Å². The SMILES string of the molecule is COCC(C)N(C)C(=O)c1cc(Br)ccc1Br. The van der Waals surface area contributed by atoms with Gasteiger partial charge in [-0.3, -0.25) is 4.79 Å². The molecule has 0 heterocycles. The first-order chi connectivity index (χ1) is 7.97. The molecule has 0 saturated carbocycles. The Morgan fingerprint density at radius 3 is 2.71 bits per heavy atom. The molecule has 3 nitrogen and oxygen atoms in total. The summed E-state index contributed by atoms with van der Waals surface area (Å²) in [6.45, 7) is 2.47. The number of ether oxygens (including phenoxy) is 1. The Morgan fingerprint density at radius 2 is 2.12 bits per heavy atom. The van der Waals surface area contributed by atoms with Crippen molar-refractivity contribution in [1.82, 2.24) is 4.90 Å². The van der Waals surface area contributed by atoms with Gasteiger partial charge >= 0.3 is 0 Å². The first-order valence-electron chi connectivity index (χ1n) is 5.18. The van der Waals surface area contributed by atoms with Crippen LogP contribution < -0.4 is 0 Å². The molecule has 0 bridgehead atoms. The third-order valence-electron chi connectivity index (χ3n) is 2.55. The number of hydrogen-bond acceptors (Lipinski definition) is 2.